The molecule has 0 spiro atoms. The molecule has 2 N–H and O–H groups in total. The molecule has 0 atom stereocenters. The van der Waals surface area contributed by atoms with Gasteiger partial charge in [-0.3, -0.25) is 14.4 Å². The molecule has 2 aromatic heterocycles. The van der Waals surface area contributed by atoms with E-state index in [0.29, 0.717) is 39.4 Å². The number of ether oxygens (including phenoxy) is 1. The van der Waals surface area contributed by atoms with Crippen molar-refractivity contribution < 1.29 is 19.1 Å². The summed E-state index contributed by atoms with van der Waals surface area (Å²) >= 11 is 0. The molecule has 0 saturated heterocycles. The number of carbonyl (C=O) groups is 1. The molecule has 5 rings (SSSR count). The third kappa shape index (κ3) is 4.70. The average Bonchev–Trinajstić information content (AvgIpc) is 2.89. The van der Waals surface area contributed by atoms with Gasteiger partial charge in [-0.25, -0.2) is 0 Å². The number of nitrogens with one attached hydrogen (secondary N) is 1. The summed E-state index contributed by atoms with van der Waals surface area (Å²) < 4.78 is 12.1. The summed E-state index contributed by atoms with van der Waals surface area (Å²) in [4.78, 5) is 37.8. The predicted octanol–water partition coefficient (Wildman–Crippen LogP) is 4.28. The van der Waals surface area contributed by atoms with Crippen LogP contribution in [0.3, 0.4) is 0 Å². The maximum Gasteiger partial charge on any atom is 0.279 e. The number of hydrogen-bond donors (Lipinski definition) is 2. The third-order valence-corrected chi connectivity index (χ3v) is 5.73. The Morgan fingerprint density at radius 1 is 1.00 bits per heavy atom. The van der Waals surface area contributed by atoms with E-state index in [1.165, 1.54) is 13.2 Å². The fourth-order valence-corrected chi connectivity index (χ4v) is 3.87. The maximum atomic E-state index is 12.9. The van der Waals surface area contributed by atoms with Crippen LogP contribution in [0.2, 0.25) is 0 Å². The van der Waals surface area contributed by atoms with Gasteiger partial charge >= 0.3 is 0 Å². The van der Waals surface area contributed by atoms with E-state index in [4.69, 9.17) is 9.15 Å². The fraction of sp³-hybridized carbons (Fsp3) is 0.0714. The van der Waals surface area contributed by atoms with Crippen LogP contribution in [0, 0.1) is 6.92 Å². The highest BCUT2D eigenvalue weighted by molar-refractivity contribution is 6.04. The van der Waals surface area contributed by atoms with E-state index in [-0.39, 0.29) is 11.1 Å². The van der Waals surface area contributed by atoms with Crippen LogP contribution in [0.1, 0.15) is 16.1 Å². The monoisotopic (exact) mass is 495 g/mol. The zero-order valence-electron chi connectivity index (χ0n) is 19.9. The Morgan fingerprint density at radius 2 is 1.78 bits per heavy atom. The van der Waals surface area contributed by atoms with Crippen LogP contribution in [0.5, 0.6) is 11.5 Å². The lowest BCUT2D eigenvalue weighted by Crippen LogP contribution is -2.25. The van der Waals surface area contributed by atoms with Gasteiger partial charge < -0.3 is 19.6 Å². The zero-order chi connectivity index (χ0) is 26.1. The number of anilines is 1. The number of aromatic nitrogens is 2. The molecular weight excluding hydrogens is 474 g/mol. The summed E-state index contributed by atoms with van der Waals surface area (Å²) in [7, 11) is 1.52. The molecule has 3 aromatic carbocycles. The lowest BCUT2D eigenvalue weighted by Gasteiger charge is -2.10. The van der Waals surface area contributed by atoms with Gasteiger partial charge in [0.25, 0.3) is 11.5 Å². The van der Waals surface area contributed by atoms with E-state index >= 15 is 0 Å². The molecule has 0 bridgehead atoms. The molecule has 5 aromatic rings. The van der Waals surface area contributed by atoms with Crippen molar-refractivity contribution in [1.29, 1.82) is 0 Å². The number of fused-ring (bicyclic) bond motifs is 1. The summed E-state index contributed by atoms with van der Waals surface area (Å²) in [5, 5.41) is 17.4. The van der Waals surface area contributed by atoms with Gasteiger partial charge in [0, 0.05) is 23.4 Å². The molecule has 0 radical (unpaired) electrons. The van der Waals surface area contributed by atoms with Gasteiger partial charge in [0.1, 0.15) is 17.1 Å². The van der Waals surface area contributed by atoms with E-state index in [0.717, 1.165) is 16.3 Å². The average molecular weight is 495 g/mol. The number of nitrogens with zero attached hydrogens (tertiary/aromatic N) is 2. The van der Waals surface area contributed by atoms with Gasteiger partial charge in [-0.1, -0.05) is 12.1 Å². The van der Waals surface area contributed by atoms with Crippen LogP contribution >= 0.6 is 0 Å². The van der Waals surface area contributed by atoms with Crippen molar-refractivity contribution in [3.63, 3.8) is 0 Å². The minimum absolute atomic E-state index is 0.210. The molecule has 2 heterocycles. The maximum absolute atomic E-state index is 12.9. The Bertz CT molecular complexity index is 1770. The largest absolute Gasteiger partial charge is 0.505 e. The molecule has 0 fully saturated rings. The summed E-state index contributed by atoms with van der Waals surface area (Å²) in [6.45, 7) is 1.87. The minimum atomic E-state index is -0.696. The van der Waals surface area contributed by atoms with Crippen molar-refractivity contribution in [2.45, 2.75) is 6.92 Å². The highest BCUT2D eigenvalue weighted by atomic mass is 16.5. The summed E-state index contributed by atoms with van der Waals surface area (Å²) in [5.41, 5.74) is 1.76. The number of aromatic hydroxyl groups is 1. The highest BCUT2D eigenvalue weighted by Gasteiger charge is 2.17. The van der Waals surface area contributed by atoms with Gasteiger partial charge in [-0.15, -0.1) is 0 Å². The predicted molar refractivity (Wildman–Crippen MR) is 139 cm³/mol. The number of aryl methyl sites for hydroxylation is 1. The second kappa shape index (κ2) is 9.46. The third-order valence-electron chi connectivity index (χ3n) is 5.73. The number of benzene rings is 3. The molecular formula is C28H21N3O6. The quantitative estimate of drug-likeness (QED) is 0.373. The van der Waals surface area contributed by atoms with Crippen LogP contribution in [0.4, 0.5) is 5.69 Å². The van der Waals surface area contributed by atoms with E-state index in [2.05, 4.69) is 10.4 Å². The van der Waals surface area contributed by atoms with Gasteiger partial charge in [0.05, 0.1) is 18.2 Å². The number of hydrogen-bond acceptors (Lipinski definition) is 7. The molecule has 37 heavy (non-hydrogen) atoms. The zero-order valence-corrected chi connectivity index (χ0v) is 19.9. The standard InChI is InChI=1S/C28H21N3O6/c1-16-4-3-5-19(12-16)31-26(34)15-23(33)27(30-31)28(35)29-18-8-6-17(7-9-18)25-14-22(32)21-13-20(36-2)10-11-24(21)37-25/h3-15,33H,1-2H3,(H,29,35). The molecule has 1 amide bonds. The topological polar surface area (TPSA) is 124 Å². The Morgan fingerprint density at radius 3 is 2.51 bits per heavy atom. The van der Waals surface area contributed by atoms with Gasteiger partial charge in [0.2, 0.25) is 0 Å². The van der Waals surface area contributed by atoms with Crippen LogP contribution < -0.4 is 21.0 Å². The molecule has 0 aliphatic carbocycles. The molecule has 0 aliphatic heterocycles. The van der Waals surface area contributed by atoms with E-state index in [9.17, 15) is 19.5 Å². The number of carbonyl (C=O) groups excluding carboxylic acids is 1. The highest BCUT2D eigenvalue weighted by Crippen LogP contribution is 2.26. The van der Waals surface area contributed by atoms with Crippen LogP contribution in [-0.4, -0.2) is 27.9 Å². The summed E-state index contributed by atoms with van der Waals surface area (Å²) in [6, 6.07) is 21.0. The van der Waals surface area contributed by atoms with Gasteiger partial charge in [-0.2, -0.15) is 9.78 Å². The molecule has 0 saturated carbocycles. The fourth-order valence-electron chi connectivity index (χ4n) is 3.87. The van der Waals surface area contributed by atoms with Crippen molar-refractivity contribution >= 4 is 22.6 Å². The Kier molecular flexibility index (Phi) is 6.02. The SMILES string of the molecule is COc1ccc2oc(-c3ccc(NC(=O)c4nn(-c5cccc(C)c5)c(=O)cc4O)cc3)cc(=O)c2c1. The molecule has 9 heteroatoms. The van der Waals surface area contributed by atoms with E-state index < -0.39 is 17.2 Å². The summed E-state index contributed by atoms with van der Waals surface area (Å²) in [6.07, 6.45) is 0. The molecule has 184 valence electrons. The van der Waals surface area contributed by atoms with Crippen molar-refractivity contribution in [3.8, 4) is 28.5 Å². The van der Waals surface area contributed by atoms with Crippen LogP contribution in [-0.2, 0) is 0 Å². The van der Waals surface area contributed by atoms with Crippen molar-refractivity contribution in [2.75, 3.05) is 12.4 Å². The van der Waals surface area contributed by atoms with Gasteiger partial charge in [-0.05, 0) is 67.1 Å². The first kappa shape index (κ1) is 23.6. The second-order valence-corrected chi connectivity index (χ2v) is 8.34. The van der Waals surface area contributed by atoms with Crippen molar-refractivity contribution in [1.82, 2.24) is 9.78 Å². The Hall–Kier alpha value is -5.18. The molecule has 0 unspecified atom stereocenters. The molecule has 9 nitrogen and oxygen atoms in total. The first-order valence-corrected chi connectivity index (χ1v) is 11.3. The lowest BCUT2D eigenvalue weighted by molar-refractivity contribution is 0.101. The number of methoxy groups -OCH3 is 1. The normalized spacial score (nSPS) is 10.9. The van der Waals surface area contributed by atoms with Crippen molar-refractivity contribution in [2.24, 2.45) is 0 Å². The van der Waals surface area contributed by atoms with Gasteiger partial charge in [0.15, 0.2) is 16.9 Å². The van der Waals surface area contributed by atoms with E-state index in [1.807, 2.05) is 13.0 Å². The van der Waals surface area contributed by atoms with Crippen LogP contribution in [0.25, 0.3) is 28.0 Å². The first-order chi connectivity index (χ1) is 17.8. The van der Waals surface area contributed by atoms with Crippen LogP contribution in [0.15, 0.2) is 92.9 Å². The lowest BCUT2D eigenvalue weighted by atomic mass is 10.1. The molecule has 0 aliphatic rings. The second-order valence-electron chi connectivity index (χ2n) is 8.34. The number of rotatable bonds is 5. The Balaban J connectivity index is 1.40. The van der Waals surface area contributed by atoms with E-state index in [1.54, 1.807) is 60.7 Å². The Labute approximate surface area is 210 Å². The first-order valence-electron chi connectivity index (χ1n) is 11.3. The smallest absolute Gasteiger partial charge is 0.279 e. The van der Waals surface area contributed by atoms with Crippen molar-refractivity contribution in [3.05, 3.63) is 111 Å². The summed E-state index contributed by atoms with van der Waals surface area (Å²) in [5.74, 6) is -0.303. The minimum Gasteiger partial charge on any atom is -0.505 e. The number of amides is 1.